The lowest BCUT2D eigenvalue weighted by Gasteiger charge is -2.23. The molecule has 2 amide bonds. The van der Waals surface area contributed by atoms with E-state index in [1.165, 1.54) is 4.90 Å². The van der Waals surface area contributed by atoms with Crippen LogP contribution in [0.3, 0.4) is 0 Å². The molecule has 11 heteroatoms. The molecule has 1 unspecified atom stereocenters. The summed E-state index contributed by atoms with van der Waals surface area (Å²) in [4.78, 5) is 36.4. The van der Waals surface area contributed by atoms with E-state index < -0.39 is 6.04 Å². The third-order valence-corrected chi connectivity index (χ3v) is 7.21. The maximum Gasteiger partial charge on any atom is 0.254 e. The zero-order valence-electron chi connectivity index (χ0n) is 21.5. The number of nitrogens with zero attached hydrogens (tertiary/aromatic N) is 3. The van der Waals surface area contributed by atoms with Gasteiger partial charge in [0.05, 0.1) is 36.7 Å². The highest BCUT2D eigenvalue weighted by atomic mass is 35.5. The Hall–Kier alpha value is -3.73. The van der Waals surface area contributed by atoms with Gasteiger partial charge in [0, 0.05) is 36.9 Å². The van der Waals surface area contributed by atoms with Crippen molar-refractivity contribution in [2.75, 3.05) is 38.8 Å². The number of hydrogen-bond acceptors (Lipinski definition) is 8. The van der Waals surface area contributed by atoms with E-state index in [9.17, 15) is 14.7 Å². The Labute approximate surface area is 231 Å². The van der Waals surface area contributed by atoms with Crippen LogP contribution in [0.2, 0.25) is 5.02 Å². The molecule has 3 heterocycles. The van der Waals surface area contributed by atoms with Crippen LogP contribution in [0.4, 0.5) is 5.95 Å². The molecule has 204 valence electrons. The molecule has 2 aliphatic heterocycles. The highest BCUT2D eigenvalue weighted by molar-refractivity contribution is 6.33. The van der Waals surface area contributed by atoms with Crippen molar-refractivity contribution in [3.63, 3.8) is 0 Å². The molecule has 39 heavy (non-hydrogen) atoms. The van der Waals surface area contributed by atoms with Crippen molar-refractivity contribution in [1.82, 2.24) is 20.2 Å². The van der Waals surface area contributed by atoms with Crippen LogP contribution in [-0.4, -0.2) is 71.3 Å². The molecule has 0 radical (unpaired) electrons. The van der Waals surface area contributed by atoms with Gasteiger partial charge in [-0.3, -0.25) is 9.59 Å². The minimum atomic E-state index is -0.598. The van der Waals surface area contributed by atoms with Gasteiger partial charge in [-0.15, -0.1) is 0 Å². The molecule has 2 aliphatic rings. The first-order chi connectivity index (χ1) is 18.9. The number of rotatable bonds is 9. The summed E-state index contributed by atoms with van der Waals surface area (Å²) in [7, 11) is 1.57. The zero-order chi connectivity index (χ0) is 27.4. The molecular weight excluding hydrogens is 522 g/mol. The summed E-state index contributed by atoms with van der Waals surface area (Å²) >= 11 is 6.44. The van der Waals surface area contributed by atoms with E-state index in [2.05, 4.69) is 20.6 Å². The van der Waals surface area contributed by atoms with Crippen LogP contribution >= 0.6 is 11.6 Å². The van der Waals surface area contributed by atoms with Gasteiger partial charge in [-0.1, -0.05) is 35.9 Å². The Kier molecular flexibility index (Phi) is 8.25. The first-order valence-corrected chi connectivity index (χ1v) is 13.2. The number of ether oxygens (including phenoxy) is 2. The van der Waals surface area contributed by atoms with E-state index in [-0.39, 0.29) is 31.0 Å². The molecule has 1 saturated heterocycles. The van der Waals surface area contributed by atoms with E-state index >= 15 is 0 Å². The Bertz CT molecular complexity index is 1350. The van der Waals surface area contributed by atoms with Crippen molar-refractivity contribution in [1.29, 1.82) is 0 Å². The maximum absolute atomic E-state index is 13.2. The lowest BCUT2D eigenvalue weighted by Crippen LogP contribution is -2.40. The molecule has 10 nitrogen and oxygen atoms in total. The van der Waals surface area contributed by atoms with Crippen LogP contribution in [0.25, 0.3) is 11.3 Å². The van der Waals surface area contributed by atoms with E-state index in [0.717, 1.165) is 24.0 Å². The molecule has 1 atom stereocenters. The number of hydrogen-bond donors (Lipinski definition) is 3. The number of benzene rings is 2. The Morgan fingerprint density at radius 3 is 2.72 bits per heavy atom. The number of aliphatic hydroxyl groups excluding tert-OH is 1. The lowest BCUT2D eigenvalue weighted by atomic mass is 10.0. The summed E-state index contributed by atoms with van der Waals surface area (Å²) in [6, 6.07) is 12.2. The average molecular weight is 552 g/mol. The molecular formula is C28H30ClN5O5. The first kappa shape index (κ1) is 26.9. The van der Waals surface area contributed by atoms with Crippen LogP contribution in [0.15, 0.2) is 48.7 Å². The van der Waals surface area contributed by atoms with Crippen LogP contribution in [0, 0.1) is 0 Å². The number of carbonyl (C=O) groups excluding carboxylic acids is 2. The topological polar surface area (TPSA) is 126 Å². The number of anilines is 1. The fourth-order valence-corrected chi connectivity index (χ4v) is 4.98. The van der Waals surface area contributed by atoms with Crippen LogP contribution < -0.4 is 15.4 Å². The largest absolute Gasteiger partial charge is 0.497 e. The van der Waals surface area contributed by atoms with Gasteiger partial charge in [-0.25, -0.2) is 9.97 Å². The van der Waals surface area contributed by atoms with Crippen molar-refractivity contribution in [3.8, 4) is 17.0 Å². The molecule has 0 spiro atoms. The highest BCUT2D eigenvalue weighted by Gasteiger charge is 2.30. The third-order valence-electron chi connectivity index (χ3n) is 6.93. The second kappa shape index (κ2) is 12.0. The van der Waals surface area contributed by atoms with Gasteiger partial charge < -0.3 is 30.1 Å². The van der Waals surface area contributed by atoms with Gasteiger partial charge in [0.1, 0.15) is 12.3 Å². The van der Waals surface area contributed by atoms with E-state index in [1.807, 2.05) is 12.1 Å². The van der Waals surface area contributed by atoms with E-state index in [0.29, 0.717) is 53.3 Å². The number of halogens is 1. The summed E-state index contributed by atoms with van der Waals surface area (Å²) in [5.41, 5.74) is 3.27. The molecule has 0 bridgehead atoms. The molecule has 1 aromatic heterocycles. The standard InChI is InChI=1S/C28H30ClN5O5/c1-38-21-6-4-17(5-7-21)24(16-35)32-25(36)15-34-14-19-3-2-18(12-22(19)27(34)37)26-23(29)13-30-28(33-26)31-20-8-10-39-11-9-20/h2-7,12-13,20,24,35H,8-11,14-16H2,1H3,(H,32,36)(H,30,31,33). The fourth-order valence-electron chi connectivity index (χ4n) is 4.78. The molecule has 5 rings (SSSR count). The minimum Gasteiger partial charge on any atom is -0.497 e. The molecule has 1 fully saturated rings. The summed E-state index contributed by atoms with van der Waals surface area (Å²) in [6.07, 6.45) is 3.30. The average Bonchev–Trinajstić information content (AvgIpc) is 3.27. The molecule has 3 N–H and O–H groups in total. The van der Waals surface area contributed by atoms with E-state index in [4.69, 9.17) is 21.1 Å². The summed E-state index contributed by atoms with van der Waals surface area (Å²) < 4.78 is 10.6. The number of aliphatic hydroxyl groups is 1. The quantitative estimate of drug-likeness (QED) is 0.370. The number of amides is 2. The number of methoxy groups -OCH3 is 1. The second-order valence-electron chi connectivity index (χ2n) is 9.53. The SMILES string of the molecule is COc1ccc(C(CO)NC(=O)CN2Cc3ccc(-c4nc(NC5CCOCC5)ncc4Cl)cc3C2=O)cc1. The fraction of sp³-hybridized carbons (Fsp3) is 0.357. The molecule has 2 aromatic carbocycles. The van der Waals surface area contributed by atoms with Gasteiger partial charge in [0.2, 0.25) is 11.9 Å². The normalized spacial score (nSPS) is 16.1. The molecule has 0 saturated carbocycles. The first-order valence-electron chi connectivity index (χ1n) is 12.8. The van der Waals surface area contributed by atoms with E-state index in [1.54, 1.807) is 43.6 Å². The van der Waals surface area contributed by atoms with Crippen LogP contribution in [0.1, 0.15) is 40.4 Å². The van der Waals surface area contributed by atoms with Gasteiger partial charge in [0.25, 0.3) is 5.91 Å². The van der Waals surface area contributed by atoms with Gasteiger partial charge >= 0.3 is 0 Å². The summed E-state index contributed by atoms with van der Waals surface area (Å²) in [6.45, 7) is 1.29. The van der Waals surface area contributed by atoms with Crippen molar-refractivity contribution in [2.24, 2.45) is 0 Å². The second-order valence-corrected chi connectivity index (χ2v) is 9.94. The van der Waals surface area contributed by atoms with Gasteiger partial charge in [-0.05, 0) is 42.2 Å². The van der Waals surface area contributed by atoms with Crippen LogP contribution in [-0.2, 0) is 16.1 Å². The Morgan fingerprint density at radius 1 is 1.23 bits per heavy atom. The highest BCUT2D eigenvalue weighted by Crippen LogP contribution is 2.31. The number of fused-ring (bicyclic) bond motifs is 1. The predicted octanol–water partition coefficient (Wildman–Crippen LogP) is 3.20. The van der Waals surface area contributed by atoms with Crippen LogP contribution in [0.5, 0.6) is 5.75 Å². The lowest BCUT2D eigenvalue weighted by molar-refractivity contribution is -0.122. The molecule has 0 aliphatic carbocycles. The maximum atomic E-state index is 13.2. The minimum absolute atomic E-state index is 0.136. The zero-order valence-corrected chi connectivity index (χ0v) is 22.3. The monoisotopic (exact) mass is 551 g/mol. The van der Waals surface area contributed by atoms with Gasteiger partial charge in [-0.2, -0.15) is 0 Å². The number of carbonyl (C=O) groups is 2. The predicted molar refractivity (Wildman–Crippen MR) is 146 cm³/mol. The Morgan fingerprint density at radius 2 is 2.00 bits per heavy atom. The number of aromatic nitrogens is 2. The van der Waals surface area contributed by atoms with Gasteiger partial charge in [0.15, 0.2) is 0 Å². The Balaban J connectivity index is 1.26. The van der Waals surface area contributed by atoms with Crippen molar-refractivity contribution >= 4 is 29.4 Å². The third kappa shape index (κ3) is 6.13. The smallest absolute Gasteiger partial charge is 0.254 e. The number of nitrogens with one attached hydrogen (secondary N) is 2. The molecule has 3 aromatic rings. The summed E-state index contributed by atoms with van der Waals surface area (Å²) in [5, 5.41) is 16.3. The summed E-state index contributed by atoms with van der Waals surface area (Å²) in [5.74, 6) is 0.532. The van der Waals surface area contributed by atoms with Crippen molar-refractivity contribution in [3.05, 3.63) is 70.4 Å². The van der Waals surface area contributed by atoms with Crippen molar-refractivity contribution < 1.29 is 24.2 Å². The van der Waals surface area contributed by atoms with Crippen molar-refractivity contribution in [2.45, 2.75) is 31.5 Å².